The highest BCUT2D eigenvalue weighted by Gasteiger charge is 2.08. The second-order valence-corrected chi connectivity index (χ2v) is 5.25. The molecule has 96 valence electrons. The number of rotatable bonds is 5. The molecule has 6 heteroatoms. The molecule has 0 bridgehead atoms. The molecule has 0 aliphatic heterocycles. The molecule has 2 aromatic rings. The van der Waals surface area contributed by atoms with Crippen LogP contribution in [0.1, 0.15) is 12.5 Å². The fourth-order valence-electron chi connectivity index (χ4n) is 1.51. The van der Waals surface area contributed by atoms with Gasteiger partial charge in [-0.15, -0.1) is 0 Å². The van der Waals surface area contributed by atoms with Crippen molar-refractivity contribution < 1.29 is 0 Å². The summed E-state index contributed by atoms with van der Waals surface area (Å²) in [7, 11) is 1.88. The monoisotopic (exact) mass is 282 g/mol. The Bertz CT molecular complexity index is 527. The van der Waals surface area contributed by atoms with E-state index in [-0.39, 0.29) is 0 Å². The summed E-state index contributed by atoms with van der Waals surface area (Å²) in [5.74, 6) is 0. The number of benzene rings is 1. The fourth-order valence-corrected chi connectivity index (χ4v) is 2.68. The van der Waals surface area contributed by atoms with Crippen molar-refractivity contribution >= 4 is 23.4 Å². The molecular weight excluding hydrogens is 268 g/mol. The van der Waals surface area contributed by atoms with Crippen LogP contribution in [-0.4, -0.2) is 21.3 Å². The number of hydrogen-bond donors (Lipinski definition) is 1. The quantitative estimate of drug-likeness (QED) is 0.916. The van der Waals surface area contributed by atoms with Gasteiger partial charge in [0.15, 0.2) is 5.16 Å². The Balaban J connectivity index is 2.24. The lowest BCUT2D eigenvalue weighted by Gasteiger charge is -2.09. The summed E-state index contributed by atoms with van der Waals surface area (Å²) in [4.78, 5) is 5.32. The average Bonchev–Trinajstić information content (AvgIpc) is 2.74. The second-order valence-electron chi connectivity index (χ2n) is 3.80. The number of halogens is 1. The highest BCUT2D eigenvalue weighted by molar-refractivity contribution is 7.99. The van der Waals surface area contributed by atoms with E-state index in [2.05, 4.69) is 22.3 Å². The van der Waals surface area contributed by atoms with Crippen molar-refractivity contribution in [2.24, 2.45) is 7.05 Å². The minimum Gasteiger partial charge on any atom is -0.313 e. The predicted octanol–water partition coefficient (Wildman–Crippen LogP) is 2.73. The highest BCUT2D eigenvalue weighted by Crippen LogP contribution is 2.30. The molecule has 0 aliphatic carbocycles. The third-order valence-corrected chi connectivity index (χ3v) is 3.85. The van der Waals surface area contributed by atoms with Crippen LogP contribution in [0.25, 0.3) is 0 Å². The van der Waals surface area contributed by atoms with E-state index in [1.807, 2.05) is 25.2 Å². The molecule has 4 nitrogen and oxygen atoms in total. The molecule has 1 aromatic carbocycles. The van der Waals surface area contributed by atoms with Crippen molar-refractivity contribution in [3.63, 3.8) is 0 Å². The first kappa shape index (κ1) is 13.4. The maximum absolute atomic E-state index is 6.05. The van der Waals surface area contributed by atoms with Crippen molar-refractivity contribution in [2.45, 2.75) is 23.5 Å². The number of nitrogens with zero attached hydrogens (tertiary/aromatic N) is 3. The lowest BCUT2D eigenvalue weighted by atomic mass is 10.2. The molecule has 0 saturated heterocycles. The lowest BCUT2D eigenvalue weighted by molar-refractivity contribution is 0.684. The van der Waals surface area contributed by atoms with Gasteiger partial charge in [-0.1, -0.05) is 24.6 Å². The first-order valence-electron chi connectivity index (χ1n) is 5.71. The molecule has 0 spiro atoms. The van der Waals surface area contributed by atoms with Gasteiger partial charge < -0.3 is 5.32 Å². The normalized spacial score (nSPS) is 10.8. The zero-order valence-corrected chi connectivity index (χ0v) is 11.9. The summed E-state index contributed by atoms with van der Waals surface area (Å²) in [6.07, 6.45) is 1.55. The number of aromatic nitrogens is 3. The van der Waals surface area contributed by atoms with E-state index in [0.29, 0.717) is 0 Å². The smallest absolute Gasteiger partial charge is 0.190 e. The zero-order valence-electron chi connectivity index (χ0n) is 10.4. The van der Waals surface area contributed by atoms with Crippen LogP contribution >= 0.6 is 23.4 Å². The van der Waals surface area contributed by atoms with Crippen LogP contribution in [0.15, 0.2) is 34.6 Å². The van der Waals surface area contributed by atoms with E-state index < -0.39 is 0 Å². The van der Waals surface area contributed by atoms with Gasteiger partial charge in [-0.2, -0.15) is 5.10 Å². The van der Waals surface area contributed by atoms with E-state index >= 15 is 0 Å². The Hall–Kier alpha value is -1.04. The zero-order chi connectivity index (χ0) is 13.0. The maximum Gasteiger partial charge on any atom is 0.190 e. The summed E-state index contributed by atoms with van der Waals surface area (Å²) in [5.41, 5.74) is 1.22. The summed E-state index contributed by atoms with van der Waals surface area (Å²) in [5, 5.41) is 8.98. The van der Waals surface area contributed by atoms with Crippen LogP contribution in [0.3, 0.4) is 0 Å². The predicted molar refractivity (Wildman–Crippen MR) is 74.0 cm³/mol. The maximum atomic E-state index is 6.05. The highest BCUT2D eigenvalue weighted by atomic mass is 35.5. The Morgan fingerprint density at radius 1 is 1.44 bits per heavy atom. The molecule has 0 atom stereocenters. The summed E-state index contributed by atoms with van der Waals surface area (Å²) in [6.45, 7) is 3.86. The third-order valence-electron chi connectivity index (χ3n) is 2.47. The minimum absolute atomic E-state index is 0.736. The molecule has 0 amide bonds. The first-order chi connectivity index (χ1) is 8.70. The molecule has 1 N–H and O–H groups in total. The Labute approximate surface area is 116 Å². The van der Waals surface area contributed by atoms with Crippen molar-refractivity contribution in [3.8, 4) is 0 Å². The first-order valence-corrected chi connectivity index (χ1v) is 6.91. The number of nitrogens with one attached hydrogen (secondary N) is 1. The number of aryl methyl sites for hydroxylation is 1. The Kier molecular flexibility index (Phi) is 4.63. The molecule has 0 saturated carbocycles. The van der Waals surface area contributed by atoms with Crippen molar-refractivity contribution in [1.82, 2.24) is 20.1 Å². The standard InChI is InChI=1S/C12H15ClN4S/c1-3-14-7-9-4-5-10(13)6-11(9)18-12-15-8-16-17(12)2/h4-6,8,14H,3,7H2,1-2H3. The van der Waals surface area contributed by atoms with Crippen LogP contribution in [0.4, 0.5) is 0 Å². The van der Waals surface area contributed by atoms with Crippen molar-refractivity contribution in [2.75, 3.05) is 6.54 Å². The molecule has 2 rings (SSSR count). The summed E-state index contributed by atoms with van der Waals surface area (Å²) >= 11 is 7.63. The van der Waals surface area contributed by atoms with Gasteiger partial charge in [0, 0.05) is 23.5 Å². The molecule has 18 heavy (non-hydrogen) atoms. The van der Waals surface area contributed by atoms with Gasteiger partial charge in [0.05, 0.1) is 0 Å². The topological polar surface area (TPSA) is 42.7 Å². The van der Waals surface area contributed by atoms with Crippen LogP contribution in [0, 0.1) is 0 Å². The summed E-state index contributed by atoms with van der Waals surface area (Å²) < 4.78 is 1.75. The van der Waals surface area contributed by atoms with Gasteiger partial charge in [-0.3, -0.25) is 0 Å². The van der Waals surface area contributed by atoms with Crippen LogP contribution in [0.5, 0.6) is 0 Å². The molecule has 0 fully saturated rings. The van der Waals surface area contributed by atoms with E-state index in [1.165, 1.54) is 5.56 Å². The SMILES string of the molecule is CCNCc1ccc(Cl)cc1Sc1ncnn1C. The van der Waals surface area contributed by atoms with E-state index in [0.717, 1.165) is 28.2 Å². The molecule has 0 radical (unpaired) electrons. The molecular formula is C12H15ClN4S. The molecule has 1 heterocycles. The van der Waals surface area contributed by atoms with E-state index in [9.17, 15) is 0 Å². The van der Waals surface area contributed by atoms with Crippen LogP contribution < -0.4 is 5.32 Å². The molecule has 0 unspecified atom stereocenters. The van der Waals surface area contributed by atoms with Gasteiger partial charge >= 0.3 is 0 Å². The van der Waals surface area contributed by atoms with Gasteiger partial charge in [0.25, 0.3) is 0 Å². The Morgan fingerprint density at radius 2 is 2.28 bits per heavy atom. The van der Waals surface area contributed by atoms with E-state index in [4.69, 9.17) is 11.6 Å². The second kappa shape index (κ2) is 6.22. The van der Waals surface area contributed by atoms with Gasteiger partial charge in [0.1, 0.15) is 6.33 Å². The molecule has 1 aromatic heterocycles. The number of hydrogen-bond acceptors (Lipinski definition) is 4. The molecule has 0 aliphatic rings. The van der Waals surface area contributed by atoms with Gasteiger partial charge in [-0.25, -0.2) is 9.67 Å². The third kappa shape index (κ3) is 3.25. The van der Waals surface area contributed by atoms with Gasteiger partial charge in [0.2, 0.25) is 0 Å². The Morgan fingerprint density at radius 3 is 2.94 bits per heavy atom. The van der Waals surface area contributed by atoms with Crippen LogP contribution in [-0.2, 0) is 13.6 Å². The lowest BCUT2D eigenvalue weighted by Crippen LogP contribution is -2.12. The van der Waals surface area contributed by atoms with Crippen molar-refractivity contribution in [1.29, 1.82) is 0 Å². The van der Waals surface area contributed by atoms with Crippen LogP contribution in [0.2, 0.25) is 5.02 Å². The summed E-state index contributed by atoms with van der Waals surface area (Å²) in [6, 6.07) is 5.92. The van der Waals surface area contributed by atoms with Gasteiger partial charge in [-0.05, 0) is 36.0 Å². The van der Waals surface area contributed by atoms with E-state index in [1.54, 1.807) is 22.8 Å². The fraction of sp³-hybridized carbons (Fsp3) is 0.333. The largest absolute Gasteiger partial charge is 0.313 e. The average molecular weight is 283 g/mol. The minimum atomic E-state index is 0.736. The van der Waals surface area contributed by atoms with Crippen molar-refractivity contribution in [3.05, 3.63) is 35.1 Å².